The highest BCUT2D eigenvalue weighted by atomic mass is 79.9. The van der Waals surface area contributed by atoms with E-state index in [-0.39, 0.29) is 5.69 Å². The molecule has 0 fully saturated rings. The Kier molecular flexibility index (Phi) is 3.22. The minimum absolute atomic E-state index is 0.00326. The maximum Gasteiger partial charge on any atom is 0.270 e. The van der Waals surface area contributed by atoms with Crippen LogP contribution in [0.15, 0.2) is 27.5 Å². The highest BCUT2D eigenvalue weighted by Crippen LogP contribution is 2.33. The van der Waals surface area contributed by atoms with Gasteiger partial charge in [0.05, 0.1) is 15.6 Å². The summed E-state index contributed by atoms with van der Waals surface area (Å²) in [6.45, 7) is 0. The van der Waals surface area contributed by atoms with E-state index in [2.05, 4.69) is 20.9 Å². The van der Waals surface area contributed by atoms with Gasteiger partial charge in [0, 0.05) is 23.1 Å². The number of hydrogen-bond acceptors (Lipinski definition) is 4. The Morgan fingerprint density at radius 3 is 2.81 bits per heavy atom. The van der Waals surface area contributed by atoms with Gasteiger partial charge in [-0.15, -0.1) is 11.3 Å². The number of rotatable bonds is 2. The third-order valence-corrected chi connectivity index (χ3v) is 3.61. The monoisotopic (exact) mass is 318 g/mol. The van der Waals surface area contributed by atoms with Gasteiger partial charge in [0.2, 0.25) is 0 Å². The van der Waals surface area contributed by atoms with Gasteiger partial charge in [-0.25, -0.2) is 4.98 Å². The Bertz CT molecular complexity index is 558. The fraction of sp³-hybridized carbons (Fsp3) is 0. The van der Waals surface area contributed by atoms with E-state index in [4.69, 9.17) is 11.6 Å². The molecule has 7 heteroatoms. The molecule has 0 spiro atoms. The maximum atomic E-state index is 10.6. The van der Waals surface area contributed by atoms with E-state index in [9.17, 15) is 10.1 Å². The summed E-state index contributed by atoms with van der Waals surface area (Å²) in [6.07, 6.45) is 0. The van der Waals surface area contributed by atoms with Crippen LogP contribution < -0.4 is 0 Å². The molecule has 2 rings (SSSR count). The third kappa shape index (κ3) is 2.23. The van der Waals surface area contributed by atoms with Crippen LogP contribution in [0.3, 0.4) is 0 Å². The van der Waals surface area contributed by atoms with Gasteiger partial charge in [-0.05, 0) is 22.0 Å². The van der Waals surface area contributed by atoms with Crippen LogP contribution >= 0.6 is 38.9 Å². The predicted octanol–water partition coefficient (Wildman–Crippen LogP) is 4.13. The normalized spacial score (nSPS) is 10.4. The minimum Gasteiger partial charge on any atom is -0.258 e. The molecule has 1 aromatic heterocycles. The quantitative estimate of drug-likeness (QED) is 0.617. The first-order valence-electron chi connectivity index (χ1n) is 4.13. The fourth-order valence-electron chi connectivity index (χ4n) is 1.20. The molecule has 0 atom stereocenters. The maximum absolute atomic E-state index is 10.6. The first-order valence-corrected chi connectivity index (χ1v) is 6.18. The number of non-ortho nitro benzene ring substituents is 1. The number of halogens is 2. The summed E-state index contributed by atoms with van der Waals surface area (Å²) in [5.41, 5.74) is 1.20. The number of nitro groups is 1. The lowest BCUT2D eigenvalue weighted by Crippen LogP contribution is -1.89. The van der Waals surface area contributed by atoms with Crippen molar-refractivity contribution < 1.29 is 4.92 Å². The van der Waals surface area contributed by atoms with Crippen molar-refractivity contribution in [3.8, 4) is 11.3 Å². The van der Waals surface area contributed by atoms with Gasteiger partial charge < -0.3 is 0 Å². The van der Waals surface area contributed by atoms with Crippen LogP contribution in [0.4, 0.5) is 5.69 Å². The van der Waals surface area contributed by atoms with Crippen LogP contribution in [0.5, 0.6) is 0 Å². The van der Waals surface area contributed by atoms with Gasteiger partial charge >= 0.3 is 0 Å². The van der Waals surface area contributed by atoms with Crippen molar-refractivity contribution in [3.05, 3.63) is 42.6 Å². The number of thiazole rings is 1. The number of nitrogens with zero attached hydrogens (tertiary/aromatic N) is 2. The van der Waals surface area contributed by atoms with Crippen LogP contribution in [0, 0.1) is 10.1 Å². The molecule has 1 heterocycles. The fourth-order valence-corrected chi connectivity index (χ4v) is 2.42. The highest BCUT2D eigenvalue weighted by molar-refractivity contribution is 9.11. The summed E-state index contributed by atoms with van der Waals surface area (Å²) in [5, 5.41) is 12.9. The third-order valence-electron chi connectivity index (χ3n) is 1.91. The molecular formula is C9H4BrClN2O2S. The molecule has 82 valence electrons. The molecule has 16 heavy (non-hydrogen) atoms. The van der Waals surface area contributed by atoms with E-state index in [1.165, 1.54) is 29.5 Å². The van der Waals surface area contributed by atoms with Crippen molar-refractivity contribution in [1.29, 1.82) is 0 Å². The highest BCUT2D eigenvalue weighted by Gasteiger charge is 2.13. The molecule has 0 bridgehead atoms. The zero-order chi connectivity index (χ0) is 11.7. The molecule has 0 aliphatic heterocycles. The summed E-state index contributed by atoms with van der Waals surface area (Å²) in [4.78, 5) is 14.3. The van der Waals surface area contributed by atoms with Crippen molar-refractivity contribution in [2.45, 2.75) is 0 Å². The van der Waals surface area contributed by atoms with Crippen LogP contribution in [0.25, 0.3) is 11.3 Å². The lowest BCUT2D eigenvalue weighted by atomic mass is 10.1. The first kappa shape index (κ1) is 11.5. The van der Waals surface area contributed by atoms with E-state index in [1.54, 1.807) is 5.38 Å². The zero-order valence-electron chi connectivity index (χ0n) is 7.68. The summed E-state index contributed by atoms with van der Waals surface area (Å²) < 4.78 is 0.713. The molecule has 0 unspecified atom stereocenters. The molecule has 0 saturated carbocycles. The van der Waals surface area contributed by atoms with E-state index in [0.717, 1.165) is 0 Å². The Morgan fingerprint density at radius 1 is 1.50 bits per heavy atom. The Balaban J connectivity index is 2.55. The smallest absolute Gasteiger partial charge is 0.258 e. The molecule has 1 aromatic carbocycles. The van der Waals surface area contributed by atoms with Gasteiger partial charge in [-0.3, -0.25) is 10.1 Å². The number of benzene rings is 1. The van der Waals surface area contributed by atoms with Gasteiger partial charge in [0.1, 0.15) is 0 Å². The van der Waals surface area contributed by atoms with Gasteiger partial charge in [0.15, 0.2) is 3.92 Å². The Labute approximate surface area is 108 Å². The second kappa shape index (κ2) is 4.48. The van der Waals surface area contributed by atoms with Crippen molar-refractivity contribution >= 4 is 44.6 Å². The van der Waals surface area contributed by atoms with E-state index >= 15 is 0 Å². The molecule has 0 aliphatic carbocycles. The standard InChI is InChI=1S/C9H4BrClN2O2S/c10-9-12-8(4-16-9)6-3-5(13(14)15)1-2-7(6)11/h1-4H. The minimum atomic E-state index is -0.457. The predicted molar refractivity (Wildman–Crippen MR) is 66.9 cm³/mol. The lowest BCUT2D eigenvalue weighted by Gasteiger charge is -2.00. The van der Waals surface area contributed by atoms with E-state index < -0.39 is 4.92 Å². The molecule has 4 nitrogen and oxygen atoms in total. The molecule has 2 aromatic rings. The van der Waals surface area contributed by atoms with Gasteiger partial charge in [-0.2, -0.15) is 0 Å². The summed E-state index contributed by atoms with van der Waals surface area (Å²) in [6, 6.07) is 4.29. The Hall–Kier alpha value is -0.980. The molecular weight excluding hydrogens is 316 g/mol. The van der Waals surface area contributed by atoms with Crippen molar-refractivity contribution in [2.24, 2.45) is 0 Å². The first-order chi connectivity index (χ1) is 7.58. The van der Waals surface area contributed by atoms with E-state index in [0.29, 0.717) is 20.2 Å². The molecule has 0 radical (unpaired) electrons. The number of nitro benzene ring substituents is 1. The average Bonchev–Trinajstić information content (AvgIpc) is 2.65. The molecule has 0 saturated heterocycles. The topological polar surface area (TPSA) is 56.0 Å². The molecule has 0 aliphatic rings. The molecule has 0 N–H and O–H groups in total. The van der Waals surface area contributed by atoms with Crippen molar-refractivity contribution in [1.82, 2.24) is 4.98 Å². The largest absolute Gasteiger partial charge is 0.270 e. The summed E-state index contributed by atoms with van der Waals surface area (Å²) in [7, 11) is 0. The lowest BCUT2D eigenvalue weighted by molar-refractivity contribution is -0.384. The second-order valence-corrected chi connectivity index (χ2v) is 5.45. The summed E-state index contributed by atoms with van der Waals surface area (Å²) >= 11 is 10.6. The van der Waals surface area contributed by atoms with Crippen LogP contribution in [-0.4, -0.2) is 9.91 Å². The van der Waals surface area contributed by atoms with Crippen LogP contribution in [-0.2, 0) is 0 Å². The SMILES string of the molecule is O=[N+]([O-])c1ccc(Cl)c(-c2csc(Br)n2)c1. The van der Waals surface area contributed by atoms with Gasteiger partial charge in [-0.1, -0.05) is 11.6 Å². The summed E-state index contributed by atoms with van der Waals surface area (Å²) in [5.74, 6) is 0. The van der Waals surface area contributed by atoms with E-state index in [1.807, 2.05) is 0 Å². The Morgan fingerprint density at radius 2 is 2.25 bits per heavy atom. The van der Waals surface area contributed by atoms with Crippen LogP contribution in [0.2, 0.25) is 5.02 Å². The van der Waals surface area contributed by atoms with Crippen LogP contribution in [0.1, 0.15) is 0 Å². The second-order valence-electron chi connectivity index (χ2n) is 2.91. The average molecular weight is 320 g/mol. The van der Waals surface area contributed by atoms with Crippen molar-refractivity contribution in [2.75, 3.05) is 0 Å². The molecule has 0 amide bonds. The number of hydrogen-bond donors (Lipinski definition) is 0. The number of aromatic nitrogens is 1. The van der Waals surface area contributed by atoms with Gasteiger partial charge in [0.25, 0.3) is 5.69 Å². The zero-order valence-corrected chi connectivity index (χ0v) is 10.8. The van der Waals surface area contributed by atoms with Crippen molar-refractivity contribution in [3.63, 3.8) is 0 Å².